The Morgan fingerprint density at radius 2 is 1.68 bits per heavy atom. The zero-order valence-electron chi connectivity index (χ0n) is 17.9. The van der Waals surface area contributed by atoms with Crippen molar-refractivity contribution in [1.29, 1.82) is 0 Å². The number of rotatable bonds is 9. The monoisotopic (exact) mass is 425 g/mol. The minimum atomic E-state index is -0.751. The zero-order chi connectivity index (χ0) is 22.8. The molecule has 164 valence electrons. The lowest BCUT2D eigenvalue weighted by Crippen LogP contribution is -2.32. The van der Waals surface area contributed by atoms with Crippen LogP contribution in [0.25, 0.3) is 0 Å². The zero-order valence-corrected chi connectivity index (χ0v) is 17.9. The molecule has 2 rings (SSSR count). The van der Waals surface area contributed by atoms with E-state index in [1.165, 1.54) is 0 Å². The Balaban J connectivity index is 1.82. The van der Waals surface area contributed by atoms with Gasteiger partial charge in [-0.2, -0.15) is 0 Å². The lowest BCUT2D eigenvalue weighted by molar-refractivity contribution is -0.146. The number of para-hydroxylation sites is 1. The van der Waals surface area contributed by atoms with Gasteiger partial charge in [-0.05, 0) is 37.1 Å². The fourth-order valence-electron chi connectivity index (χ4n) is 2.61. The largest absolute Gasteiger partial charge is 0.454 e. The topological polar surface area (TPSA) is 114 Å². The summed E-state index contributed by atoms with van der Waals surface area (Å²) in [6.07, 6.45) is 0. The van der Waals surface area contributed by atoms with Gasteiger partial charge in [-0.25, -0.2) is 0 Å². The van der Waals surface area contributed by atoms with Crippen LogP contribution in [0.3, 0.4) is 0 Å². The number of carbonyl (C=O) groups is 4. The lowest BCUT2D eigenvalue weighted by atomic mass is 10.1. The number of amides is 3. The smallest absolute Gasteiger partial charge is 0.325 e. The van der Waals surface area contributed by atoms with Gasteiger partial charge in [-0.15, -0.1) is 0 Å². The van der Waals surface area contributed by atoms with E-state index in [0.29, 0.717) is 23.4 Å². The van der Waals surface area contributed by atoms with Gasteiger partial charge in [-0.3, -0.25) is 19.2 Å². The van der Waals surface area contributed by atoms with E-state index in [0.717, 1.165) is 5.56 Å². The molecule has 0 spiro atoms. The summed E-state index contributed by atoms with van der Waals surface area (Å²) in [5.41, 5.74) is 1.98. The molecule has 3 N–H and O–H groups in total. The summed E-state index contributed by atoms with van der Waals surface area (Å²) < 4.78 is 4.90. The van der Waals surface area contributed by atoms with Crippen molar-refractivity contribution in [3.05, 3.63) is 65.2 Å². The average molecular weight is 425 g/mol. The van der Waals surface area contributed by atoms with Crippen LogP contribution in [0.4, 0.5) is 5.69 Å². The van der Waals surface area contributed by atoms with Crippen LogP contribution < -0.4 is 16.0 Å². The van der Waals surface area contributed by atoms with Crippen LogP contribution in [0.15, 0.2) is 48.5 Å². The summed E-state index contributed by atoms with van der Waals surface area (Å²) in [4.78, 5) is 48.4. The van der Waals surface area contributed by atoms with Gasteiger partial charge in [-0.1, -0.05) is 43.7 Å². The molecular formula is C23H27N3O5. The molecular weight excluding hydrogens is 398 g/mol. The molecule has 3 amide bonds. The minimum Gasteiger partial charge on any atom is -0.454 e. The van der Waals surface area contributed by atoms with Gasteiger partial charge in [0.05, 0.1) is 11.3 Å². The van der Waals surface area contributed by atoms with E-state index < -0.39 is 24.4 Å². The van der Waals surface area contributed by atoms with E-state index in [1.54, 1.807) is 42.5 Å². The van der Waals surface area contributed by atoms with Gasteiger partial charge in [0, 0.05) is 12.1 Å². The third-order valence-electron chi connectivity index (χ3n) is 4.15. The Hall–Kier alpha value is -3.68. The summed E-state index contributed by atoms with van der Waals surface area (Å²) in [5, 5.41) is 7.81. The van der Waals surface area contributed by atoms with E-state index in [1.807, 2.05) is 26.8 Å². The van der Waals surface area contributed by atoms with E-state index in [2.05, 4.69) is 16.0 Å². The number of aryl methyl sites for hydroxylation is 1. The highest BCUT2D eigenvalue weighted by molar-refractivity contribution is 6.04. The van der Waals surface area contributed by atoms with Gasteiger partial charge in [0.1, 0.15) is 6.54 Å². The second-order valence-corrected chi connectivity index (χ2v) is 7.41. The number of esters is 1. The second kappa shape index (κ2) is 11.5. The predicted molar refractivity (Wildman–Crippen MR) is 117 cm³/mol. The third-order valence-corrected chi connectivity index (χ3v) is 4.15. The van der Waals surface area contributed by atoms with Gasteiger partial charge in [0.15, 0.2) is 6.61 Å². The van der Waals surface area contributed by atoms with E-state index >= 15 is 0 Å². The number of hydrogen-bond donors (Lipinski definition) is 3. The number of benzene rings is 2. The van der Waals surface area contributed by atoms with Crippen molar-refractivity contribution in [3.63, 3.8) is 0 Å². The van der Waals surface area contributed by atoms with Crippen molar-refractivity contribution in [2.75, 3.05) is 25.0 Å². The van der Waals surface area contributed by atoms with Crippen LogP contribution in [-0.4, -0.2) is 43.4 Å². The first kappa shape index (κ1) is 23.6. The number of anilines is 1. The number of nitrogens with one attached hydrogen (secondary N) is 3. The molecule has 0 aliphatic rings. The summed E-state index contributed by atoms with van der Waals surface area (Å²) in [5.74, 6) is -1.77. The molecule has 0 atom stereocenters. The standard InChI is InChI=1S/C23H27N3O5/c1-15(2)12-24-23(30)18-9-4-5-10-19(18)26-20(27)14-31-21(28)13-25-22(29)17-8-6-7-16(3)11-17/h4-11,15H,12-14H2,1-3H3,(H,24,30)(H,25,29)(H,26,27). The third kappa shape index (κ3) is 7.93. The summed E-state index contributed by atoms with van der Waals surface area (Å²) >= 11 is 0. The van der Waals surface area contributed by atoms with Crippen LogP contribution in [0.2, 0.25) is 0 Å². The van der Waals surface area contributed by atoms with Crippen LogP contribution in [0, 0.1) is 12.8 Å². The molecule has 0 aliphatic heterocycles. The molecule has 31 heavy (non-hydrogen) atoms. The van der Waals surface area contributed by atoms with Crippen LogP contribution in [-0.2, 0) is 14.3 Å². The van der Waals surface area contributed by atoms with E-state index in [9.17, 15) is 19.2 Å². The highest BCUT2D eigenvalue weighted by Gasteiger charge is 2.15. The maximum absolute atomic E-state index is 12.3. The Bertz CT molecular complexity index is 956. The van der Waals surface area contributed by atoms with Crippen LogP contribution >= 0.6 is 0 Å². The molecule has 0 unspecified atom stereocenters. The number of carbonyl (C=O) groups excluding carboxylic acids is 4. The van der Waals surface area contributed by atoms with Gasteiger partial charge in [0.2, 0.25) is 0 Å². The van der Waals surface area contributed by atoms with Crippen molar-refractivity contribution in [2.24, 2.45) is 5.92 Å². The van der Waals surface area contributed by atoms with Crippen molar-refractivity contribution >= 4 is 29.4 Å². The fraction of sp³-hybridized carbons (Fsp3) is 0.304. The van der Waals surface area contributed by atoms with Crippen LogP contribution in [0.5, 0.6) is 0 Å². The first-order valence-electron chi connectivity index (χ1n) is 9.94. The van der Waals surface area contributed by atoms with Crippen molar-refractivity contribution < 1.29 is 23.9 Å². The highest BCUT2D eigenvalue weighted by Crippen LogP contribution is 2.15. The van der Waals surface area contributed by atoms with Gasteiger partial charge >= 0.3 is 5.97 Å². The molecule has 8 nitrogen and oxygen atoms in total. The highest BCUT2D eigenvalue weighted by atomic mass is 16.5. The predicted octanol–water partition coefficient (Wildman–Crippen LogP) is 2.29. The number of hydrogen-bond acceptors (Lipinski definition) is 5. The maximum atomic E-state index is 12.3. The van der Waals surface area contributed by atoms with Crippen molar-refractivity contribution in [3.8, 4) is 0 Å². The quantitative estimate of drug-likeness (QED) is 0.534. The summed E-state index contributed by atoms with van der Waals surface area (Å²) in [6, 6.07) is 13.5. The Kier molecular flexibility index (Phi) is 8.75. The Morgan fingerprint density at radius 1 is 0.935 bits per heavy atom. The molecule has 2 aromatic rings. The molecule has 0 aromatic heterocycles. The molecule has 0 aliphatic carbocycles. The molecule has 0 saturated carbocycles. The van der Waals surface area contributed by atoms with Gasteiger partial charge in [0.25, 0.3) is 17.7 Å². The first-order valence-corrected chi connectivity index (χ1v) is 9.94. The normalized spacial score (nSPS) is 10.3. The molecule has 2 aromatic carbocycles. The molecule has 8 heteroatoms. The van der Waals surface area contributed by atoms with E-state index in [4.69, 9.17) is 4.74 Å². The Labute approximate surface area is 181 Å². The minimum absolute atomic E-state index is 0.288. The molecule has 0 fully saturated rings. The van der Waals surface area contributed by atoms with Crippen LogP contribution in [0.1, 0.15) is 40.1 Å². The fourth-order valence-corrected chi connectivity index (χ4v) is 2.61. The van der Waals surface area contributed by atoms with Crippen molar-refractivity contribution in [1.82, 2.24) is 10.6 Å². The average Bonchev–Trinajstić information content (AvgIpc) is 2.74. The molecule has 0 saturated heterocycles. The lowest BCUT2D eigenvalue weighted by Gasteiger charge is -2.12. The molecule has 0 bridgehead atoms. The SMILES string of the molecule is Cc1cccc(C(=O)NCC(=O)OCC(=O)Nc2ccccc2C(=O)NCC(C)C)c1. The maximum Gasteiger partial charge on any atom is 0.325 e. The second-order valence-electron chi connectivity index (χ2n) is 7.41. The summed E-state index contributed by atoms with van der Waals surface area (Å²) in [7, 11) is 0. The summed E-state index contributed by atoms with van der Waals surface area (Å²) in [6.45, 7) is 5.41. The first-order chi connectivity index (χ1) is 14.8. The van der Waals surface area contributed by atoms with E-state index in [-0.39, 0.29) is 18.4 Å². The molecule has 0 radical (unpaired) electrons. The van der Waals surface area contributed by atoms with Gasteiger partial charge < -0.3 is 20.7 Å². The van der Waals surface area contributed by atoms with Crippen molar-refractivity contribution in [2.45, 2.75) is 20.8 Å². The Morgan fingerprint density at radius 3 is 2.39 bits per heavy atom. The number of ether oxygens (including phenoxy) is 1. The molecule has 0 heterocycles.